The second kappa shape index (κ2) is 6.73. The third-order valence-corrected chi connectivity index (χ3v) is 3.47. The Morgan fingerprint density at radius 1 is 1.10 bits per heavy atom. The standard InChI is InChI=1S/C15H12ClFO.CH5N/c16-13-8-2-6-11(14(13)17)12-7-1-4-10-5-3-9-18-15(10)12;1-2/h1-2,4,6-8H,3,5,9H2;2H2,1H3. The summed E-state index contributed by atoms with van der Waals surface area (Å²) < 4.78 is 19.8. The molecule has 106 valence electrons. The number of fused-ring (bicyclic) bond motifs is 1. The maximum atomic E-state index is 14.1. The van der Waals surface area contributed by atoms with Crippen LogP contribution in [0, 0.1) is 5.82 Å². The first kappa shape index (κ1) is 14.8. The summed E-state index contributed by atoms with van der Waals surface area (Å²) in [7, 11) is 1.50. The predicted octanol–water partition coefficient (Wildman–Crippen LogP) is 4.05. The Hall–Kier alpha value is -1.58. The third-order valence-electron chi connectivity index (χ3n) is 3.18. The first-order chi connectivity index (χ1) is 9.77. The number of ether oxygens (including phenoxy) is 1. The summed E-state index contributed by atoms with van der Waals surface area (Å²) >= 11 is 5.83. The lowest BCUT2D eigenvalue weighted by molar-refractivity contribution is 0.289. The summed E-state index contributed by atoms with van der Waals surface area (Å²) in [5, 5.41) is 0.140. The van der Waals surface area contributed by atoms with E-state index in [2.05, 4.69) is 5.73 Å². The summed E-state index contributed by atoms with van der Waals surface area (Å²) in [6.07, 6.45) is 1.99. The van der Waals surface area contributed by atoms with E-state index >= 15 is 0 Å². The van der Waals surface area contributed by atoms with Crippen molar-refractivity contribution < 1.29 is 9.13 Å². The fourth-order valence-corrected chi connectivity index (χ4v) is 2.49. The highest BCUT2D eigenvalue weighted by Crippen LogP contribution is 2.38. The van der Waals surface area contributed by atoms with Crippen molar-refractivity contribution in [2.45, 2.75) is 12.8 Å². The van der Waals surface area contributed by atoms with Gasteiger partial charge in [-0.05, 0) is 31.5 Å². The minimum Gasteiger partial charge on any atom is -0.493 e. The van der Waals surface area contributed by atoms with Crippen molar-refractivity contribution in [3.63, 3.8) is 0 Å². The molecule has 0 aromatic heterocycles. The van der Waals surface area contributed by atoms with Gasteiger partial charge in [-0.15, -0.1) is 0 Å². The molecule has 1 heterocycles. The van der Waals surface area contributed by atoms with Crippen molar-refractivity contribution in [1.29, 1.82) is 0 Å². The molecule has 0 atom stereocenters. The van der Waals surface area contributed by atoms with Crippen LogP contribution in [0.1, 0.15) is 12.0 Å². The molecule has 2 N–H and O–H groups in total. The zero-order valence-electron chi connectivity index (χ0n) is 11.3. The molecule has 0 spiro atoms. The molecule has 0 fully saturated rings. The van der Waals surface area contributed by atoms with E-state index in [-0.39, 0.29) is 10.8 Å². The van der Waals surface area contributed by atoms with Gasteiger partial charge in [-0.2, -0.15) is 0 Å². The van der Waals surface area contributed by atoms with Crippen LogP contribution in [0.15, 0.2) is 36.4 Å². The Morgan fingerprint density at radius 2 is 1.80 bits per heavy atom. The molecular weight excluding hydrogens is 277 g/mol. The third kappa shape index (κ3) is 2.79. The summed E-state index contributed by atoms with van der Waals surface area (Å²) in [6.45, 7) is 0.687. The molecular formula is C16H17ClFNO. The van der Waals surface area contributed by atoms with Gasteiger partial charge in [-0.1, -0.05) is 41.9 Å². The van der Waals surface area contributed by atoms with Crippen molar-refractivity contribution in [1.82, 2.24) is 0 Å². The van der Waals surface area contributed by atoms with Crippen LogP contribution in [0.4, 0.5) is 4.39 Å². The number of nitrogens with two attached hydrogens (primary N) is 1. The van der Waals surface area contributed by atoms with Crippen LogP contribution in [0.2, 0.25) is 5.02 Å². The zero-order valence-corrected chi connectivity index (χ0v) is 12.1. The molecule has 20 heavy (non-hydrogen) atoms. The Morgan fingerprint density at radius 3 is 2.60 bits per heavy atom. The van der Waals surface area contributed by atoms with Crippen LogP contribution in [0.5, 0.6) is 5.75 Å². The van der Waals surface area contributed by atoms with Gasteiger partial charge in [0.15, 0.2) is 0 Å². The van der Waals surface area contributed by atoms with E-state index in [9.17, 15) is 4.39 Å². The molecule has 2 nitrogen and oxygen atoms in total. The molecule has 0 bridgehead atoms. The number of para-hydroxylation sites is 1. The van der Waals surface area contributed by atoms with E-state index in [1.54, 1.807) is 18.2 Å². The van der Waals surface area contributed by atoms with E-state index in [1.807, 2.05) is 18.2 Å². The highest BCUT2D eigenvalue weighted by molar-refractivity contribution is 6.31. The van der Waals surface area contributed by atoms with Gasteiger partial charge in [-0.3, -0.25) is 0 Å². The minimum atomic E-state index is -0.387. The summed E-state index contributed by atoms with van der Waals surface area (Å²) in [6, 6.07) is 10.9. The van der Waals surface area contributed by atoms with Crippen molar-refractivity contribution in [3.05, 3.63) is 52.8 Å². The number of hydrogen-bond acceptors (Lipinski definition) is 2. The van der Waals surface area contributed by atoms with Gasteiger partial charge < -0.3 is 10.5 Å². The number of benzene rings is 2. The summed E-state index contributed by atoms with van der Waals surface area (Å²) in [4.78, 5) is 0. The van der Waals surface area contributed by atoms with Gasteiger partial charge in [0, 0.05) is 11.1 Å². The molecule has 2 aromatic rings. The Labute approximate surface area is 123 Å². The molecule has 3 rings (SSSR count). The van der Waals surface area contributed by atoms with Crippen LogP contribution in [0.25, 0.3) is 11.1 Å². The highest BCUT2D eigenvalue weighted by atomic mass is 35.5. The monoisotopic (exact) mass is 293 g/mol. The molecule has 1 aliphatic heterocycles. The Bertz CT molecular complexity index is 601. The summed E-state index contributed by atoms with van der Waals surface area (Å²) in [5.41, 5.74) is 6.92. The first-order valence-corrected chi connectivity index (χ1v) is 6.92. The molecule has 2 aromatic carbocycles. The van der Waals surface area contributed by atoms with Crippen LogP contribution < -0.4 is 10.5 Å². The quantitative estimate of drug-likeness (QED) is 0.861. The molecule has 1 aliphatic rings. The number of aryl methyl sites for hydroxylation is 1. The van der Waals surface area contributed by atoms with Crippen LogP contribution in [-0.4, -0.2) is 13.7 Å². The first-order valence-electron chi connectivity index (χ1n) is 6.54. The van der Waals surface area contributed by atoms with E-state index in [1.165, 1.54) is 7.05 Å². The minimum absolute atomic E-state index is 0.140. The van der Waals surface area contributed by atoms with Gasteiger partial charge in [0.1, 0.15) is 11.6 Å². The second-order valence-electron chi connectivity index (χ2n) is 4.35. The molecule has 0 unspecified atom stereocenters. The number of hydrogen-bond donors (Lipinski definition) is 1. The van der Waals surface area contributed by atoms with Gasteiger partial charge >= 0.3 is 0 Å². The lowest BCUT2D eigenvalue weighted by Gasteiger charge is -2.20. The second-order valence-corrected chi connectivity index (χ2v) is 4.75. The number of halogens is 2. The molecule has 0 radical (unpaired) electrons. The van der Waals surface area contributed by atoms with Gasteiger partial charge in [0.2, 0.25) is 0 Å². The molecule has 4 heteroatoms. The lowest BCUT2D eigenvalue weighted by atomic mass is 9.97. The maximum absolute atomic E-state index is 14.1. The molecule has 0 saturated heterocycles. The van der Waals surface area contributed by atoms with Crippen molar-refractivity contribution >= 4 is 11.6 Å². The Kier molecular flexibility index (Phi) is 4.99. The SMILES string of the molecule is CN.Fc1c(Cl)cccc1-c1cccc2c1OCCC2. The fourth-order valence-electron chi connectivity index (χ4n) is 2.31. The van der Waals surface area contributed by atoms with E-state index in [0.717, 1.165) is 29.7 Å². The van der Waals surface area contributed by atoms with E-state index < -0.39 is 0 Å². The zero-order chi connectivity index (χ0) is 14.5. The predicted molar refractivity (Wildman–Crippen MR) is 80.8 cm³/mol. The van der Waals surface area contributed by atoms with Gasteiger partial charge in [0.25, 0.3) is 0 Å². The van der Waals surface area contributed by atoms with Gasteiger partial charge in [0.05, 0.1) is 11.6 Å². The average molecular weight is 294 g/mol. The fraction of sp³-hybridized carbons (Fsp3) is 0.250. The van der Waals surface area contributed by atoms with Crippen LogP contribution >= 0.6 is 11.6 Å². The average Bonchev–Trinajstić information content (AvgIpc) is 2.52. The largest absolute Gasteiger partial charge is 0.493 e. The maximum Gasteiger partial charge on any atom is 0.149 e. The molecule has 0 amide bonds. The van der Waals surface area contributed by atoms with Crippen molar-refractivity contribution in [2.24, 2.45) is 5.73 Å². The highest BCUT2D eigenvalue weighted by Gasteiger charge is 2.18. The normalized spacial score (nSPS) is 12.8. The summed E-state index contributed by atoms with van der Waals surface area (Å²) in [5.74, 6) is 0.409. The van der Waals surface area contributed by atoms with E-state index in [0.29, 0.717) is 12.2 Å². The smallest absolute Gasteiger partial charge is 0.149 e. The van der Waals surface area contributed by atoms with Crippen molar-refractivity contribution in [2.75, 3.05) is 13.7 Å². The molecule has 0 saturated carbocycles. The topological polar surface area (TPSA) is 35.2 Å². The van der Waals surface area contributed by atoms with Crippen molar-refractivity contribution in [3.8, 4) is 16.9 Å². The lowest BCUT2D eigenvalue weighted by Crippen LogP contribution is -2.09. The van der Waals surface area contributed by atoms with Crippen LogP contribution in [0.3, 0.4) is 0 Å². The van der Waals surface area contributed by atoms with E-state index in [4.69, 9.17) is 16.3 Å². The Balaban J connectivity index is 0.000000704. The number of rotatable bonds is 1. The van der Waals surface area contributed by atoms with Crippen LogP contribution in [-0.2, 0) is 6.42 Å². The van der Waals surface area contributed by atoms with Gasteiger partial charge in [-0.25, -0.2) is 4.39 Å². The molecule has 0 aliphatic carbocycles.